The van der Waals surface area contributed by atoms with Crippen molar-refractivity contribution in [1.82, 2.24) is 19.2 Å². The molecular weight excluding hydrogens is 483 g/mol. The van der Waals surface area contributed by atoms with Gasteiger partial charge in [-0.3, -0.25) is 19.0 Å². The second-order valence-corrected chi connectivity index (χ2v) is 8.54. The van der Waals surface area contributed by atoms with Crippen LogP contribution < -0.4 is 16.0 Å². The summed E-state index contributed by atoms with van der Waals surface area (Å²) in [5, 5.41) is 4.13. The van der Waals surface area contributed by atoms with Crippen LogP contribution in [0.15, 0.2) is 58.1 Å². The zero-order valence-electron chi connectivity index (χ0n) is 20.6. The van der Waals surface area contributed by atoms with Gasteiger partial charge in [0.15, 0.2) is 0 Å². The number of halogens is 1. The number of piperidine rings is 1. The molecule has 10 nitrogen and oxygen atoms in total. The van der Waals surface area contributed by atoms with Crippen molar-refractivity contribution >= 4 is 11.9 Å². The fourth-order valence-electron chi connectivity index (χ4n) is 4.20. The molecule has 11 heteroatoms. The van der Waals surface area contributed by atoms with Crippen molar-refractivity contribution in [2.24, 2.45) is 5.92 Å². The van der Waals surface area contributed by atoms with E-state index in [2.05, 4.69) is 5.10 Å². The van der Waals surface area contributed by atoms with Gasteiger partial charge in [-0.2, -0.15) is 9.78 Å². The first-order valence-corrected chi connectivity index (χ1v) is 11.9. The summed E-state index contributed by atoms with van der Waals surface area (Å²) in [4.78, 5) is 53.6. The predicted molar refractivity (Wildman–Crippen MR) is 131 cm³/mol. The molecule has 1 saturated heterocycles. The van der Waals surface area contributed by atoms with Gasteiger partial charge in [0.25, 0.3) is 11.5 Å². The normalized spacial score (nSPS) is 13.9. The van der Waals surface area contributed by atoms with Gasteiger partial charge in [-0.1, -0.05) is 18.2 Å². The van der Waals surface area contributed by atoms with Gasteiger partial charge in [-0.05, 0) is 50.1 Å². The van der Waals surface area contributed by atoms with Crippen molar-refractivity contribution < 1.29 is 23.5 Å². The lowest BCUT2D eigenvalue weighted by Gasteiger charge is -2.30. The third-order valence-corrected chi connectivity index (χ3v) is 6.27. The third kappa shape index (κ3) is 5.45. The molecule has 1 aromatic heterocycles. The van der Waals surface area contributed by atoms with Gasteiger partial charge < -0.3 is 14.4 Å². The number of carbonyl (C=O) groups is 2. The molecule has 0 bridgehead atoms. The van der Waals surface area contributed by atoms with Gasteiger partial charge in [0.1, 0.15) is 11.6 Å². The summed E-state index contributed by atoms with van der Waals surface area (Å²) in [6, 6.07) is 12.1. The lowest BCUT2D eigenvalue weighted by molar-refractivity contribution is -0.149. The van der Waals surface area contributed by atoms with Gasteiger partial charge in [-0.25, -0.2) is 9.18 Å². The Labute approximate surface area is 211 Å². The number of likely N-dealkylation sites (tertiary alicyclic amines) is 1. The SMILES string of the molecule is CCOC(=O)C1CCN(C(=O)c2nn(-c3ccc(OC)cc3)c(=O)n(Cc3ccccc3F)c2=O)CC1. The lowest BCUT2D eigenvalue weighted by atomic mass is 9.97. The molecule has 2 aromatic carbocycles. The van der Waals surface area contributed by atoms with E-state index in [0.717, 1.165) is 9.25 Å². The van der Waals surface area contributed by atoms with E-state index >= 15 is 0 Å². The van der Waals surface area contributed by atoms with E-state index in [0.29, 0.717) is 24.3 Å². The molecule has 4 rings (SSSR count). The third-order valence-electron chi connectivity index (χ3n) is 6.27. The molecule has 1 fully saturated rings. The molecule has 194 valence electrons. The number of ether oxygens (including phenoxy) is 2. The quantitative estimate of drug-likeness (QED) is 0.447. The summed E-state index contributed by atoms with van der Waals surface area (Å²) in [6.07, 6.45) is 0.762. The molecule has 1 amide bonds. The fourth-order valence-corrected chi connectivity index (χ4v) is 4.20. The van der Waals surface area contributed by atoms with Crippen LogP contribution in [0.25, 0.3) is 5.69 Å². The predicted octanol–water partition coefficient (Wildman–Crippen LogP) is 2.01. The van der Waals surface area contributed by atoms with Gasteiger partial charge in [-0.15, -0.1) is 0 Å². The summed E-state index contributed by atoms with van der Waals surface area (Å²) in [6.45, 7) is 2.06. The topological polar surface area (TPSA) is 113 Å². The minimum absolute atomic E-state index is 0.114. The van der Waals surface area contributed by atoms with Crippen molar-refractivity contribution in [3.8, 4) is 11.4 Å². The summed E-state index contributed by atoms with van der Waals surface area (Å²) in [5.74, 6) is -1.36. The summed E-state index contributed by atoms with van der Waals surface area (Å²) < 4.78 is 26.4. The number of aromatic nitrogens is 3. The maximum Gasteiger partial charge on any atom is 0.352 e. The number of hydrogen-bond donors (Lipinski definition) is 0. The first-order chi connectivity index (χ1) is 17.8. The molecule has 0 spiro atoms. The molecule has 0 radical (unpaired) electrons. The molecular formula is C26H27FN4O6. The molecule has 37 heavy (non-hydrogen) atoms. The molecule has 1 aliphatic rings. The van der Waals surface area contributed by atoms with Crippen LogP contribution in [-0.4, -0.2) is 57.9 Å². The van der Waals surface area contributed by atoms with Gasteiger partial charge in [0, 0.05) is 18.7 Å². The van der Waals surface area contributed by atoms with Crippen LogP contribution in [0, 0.1) is 11.7 Å². The zero-order chi connectivity index (χ0) is 26.5. The Morgan fingerprint density at radius 2 is 1.73 bits per heavy atom. The number of esters is 1. The largest absolute Gasteiger partial charge is 0.497 e. The highest BCUT2D eigenvalue weighted by atomic mass is 19.1. The van der Waals surface area contributed by atoms with Crippen LogP contribution in [0.2, 0.25) is 0 Å². The van der Waals surface area contributed by atoms with Crippen LogP contribution in [0.3, 0.4) is 0 Å². The highest BCUT2D eigenvalue weighted by Crippen LogP contribution is 2.20. The Balaban J connectivity index is 1.74. The Morgan fingerprint density at radius 3 is 2.35 bits per heavy atom. The number of nitrogens with zero attached hydrogens (tertiary/aromatic N) is 4. The van der Waals surface area contributed by atoms with Crippen molar-refractivity contribution in [1.29, 1.82) is 0 Å². The Morgan fingerprint density at radius 1 is 1.05 bits per heavy atom. The van der Waals surface area contributed by atoms with E-state index in [1.165, 1.54) is 30.2 Å². The lowest BCUT2D eigenvalue weighted by Crippen LogP contribution is -2.48. The van der Waals surface area contributed by atoms with E-state index in [9.17, 15) is 23.6 Å². The van der Waals surface area contributed by atoms with Gasteiger partial charge in [0.05, 0.1) is 31.9 Å². The monoisotopic (exact) mass is 510 g/mol. The average molecular weight is 511 g/mol. The molecule has 2 heterocycles. The van der Waals surface area contributed by atoms with E-state index in [1.54, 1.807) is 37.3 Å². The van der Waals surface area contributed by atoms with E-state index < -0.39 is 28.7 Å². The minimum Gasteiger partial charge on any atom is -0.497 e. The number of benzene rings is 2. The number of hydrogen-bond acceptors (Lipinski definition) is 7. The smallest absolute Gasteiger partial charge is 0.352 e. The van der Waals surface area contributed by atoms with E-state index in [-0.39, 0.29) is 43.7 Å². The fraction of sp³-hybridized carbons (Fsp3) is 0.346. The van der Waals surface area contributed by atoms with Gasteiger partial charge in [0.2, 0.25) is 5.69 Å². The number of rotatable bonds is 7. The molecule has 0 aliphatic carbocycles. The number of amides is 1. The molecule has 0 atom stereocenters. The standard InChI is InChI=1S/C26H27FN4O6/c1-3-37-25(34)17-12-14-29(15-13-17)23(32)22-24(33)30(16-18-6-4-5-7-21(18)27)26(35)31(28-22)19-8-10-20(36-2)11-9-19/h4-11,17H,3,12-16H2,1-2H3. The maximum absolute atomic E-state index is 14.4. The van der Waals surface area contributed by atoms with Crippen molar-refractivity contribution in [3.63, 3.8) is 0 Å². The highest BCUT2D eigenvalue weighted by Gasteiger charge is 2.31. The Kier molecular flexibility index (Phi) is 7.80. The second kappa shape index (κ2) is 11.2. The first kappa shape index (κ1) is 25.8. The summed E-state index contributed by atoms with van der Waals surface area (Å²) in [7, 11) is 1.50. The minimum atomic E-state index is -0.921. The molecule has 1 aliphatic heterocycles. The van der Waals surface area contributed by atoms with Crippen molar-refractivity contribution in [2.45, 2.75) is 26.3 Å². The Hall–Kier alpha value is -4.28. The van der Waals surface area contributed by atoms with Crippen LogP contribution in [-0.2, 0) is 16.1 Å². The second-order valence-electron chi connectivity index (χ2n) is 8.54. The van der Waals surface area contributed by atoms with Crippen LogP contribution in [0.5, 0.6) is 5.75 Å². The highest BCUT2D eigenvalue weighted by molar-refractivity contribution is 5.92. The van der Waals surface area contributed by atoms with Crippen LogP contribution >= 0.6 is 0 Å². The summed E-state index contributed by atoms with van der Waals surface area (Å²) >= 11 is 0. The molecule has 0 saturated carbocycles. The molecule has 0 N–H and O–H groups in total. The Bertz CT molecular complexity index is 1410. The average Bonchev–Trinajstić information content (AvgIpc) is 2.92. The van der Waals surface area contributed by atoms with E-state index in [1.807, 2.05) is 0 Å². The van der Waals surface area contributed by atoms with Gasteiger partial charge >= 0.3 is 11.7 Å². The molecule has 0 unspecified atom stereocenters. The molecule has 3 aromatic rings. The number of methoxy groups -OCH3 is 1. The zero-order valence-corrected chi connectivity index (χ0v) is 20.6. The van der Waals surface area contributed by atoms with Crippen LogP contribution in [0.4, 0.5) is 4.39 Å². The maximum atomic E-state index is 14.4. The summed E-state index contributed by atoms with van der Waals surface area (Å²) in [5.41, 5.74) is -1.81. The van der Waals surface area contributed by atoms with Crippen molar-refractivity contribution in [2.75, 3.05) is 26.8 Å². The van der Waals surface area contributed by atoms with Crippen molar-refractivity contribution in [3.05, 3.63) is 86.4 Å². The van der Waals surface area contributed by atoms with Crippen LogP contribution in [0.1, 0.15) is 35.8 Å². The number of carbonyl (C=O) groups excluding carboxylic acids is 2. The van der Waals surface area contributed by atoms with E-state index in [4.69, 9.17) is 9.47 Å². The first-order valence-electron chi connectivity index (χ1n) is 11.9.